The number of carbonyl (C=O) groups excluding carboxylic acids is 1. The first kappa shape index (κ1) is 13.0. The molecule has 2 aliphatic heterocycles. The van der Waals surface area contributed by atoms with E-state index in [1.165, 1.54) is 23.4 Å². The van der Waals surface area contributed by atoms with E-state index in [2.05, 4.69) is 24.9 Å². The summed E-state index contributed by atoms with van der Waals surface area (Å²) in [7, 11) is 2.13. The fraction of sp³-hybridized carbons (Fsp3) is 0.667. The molecular formula is C15H22N2OS. The summed E-state index contributed by atoms with van der Waals surface area (Å²) in [5.41, 5.74) is 1.37. The van der Waals surface area contributed by atoms with Gasteiger partial charge in [-0.05, 0) is 43.2 Å². The van der Waals surface area contributed by atoms with Crippen molar-refractivity contribution in [1.82, 2.24) is 4.90 Å². The molecule has 1 aromatic heterocycles. The highest BCUT2D eigenvalue weighted by atomic mass is 32.1. The predicted molar refractivity (Wildman–Crippen MR) is 80.2 cm³/mol. The highest BCUT2D eigenvalue weighted by molar-refractivity contribution is 7.18. The summed E-state index contributed by atoms with van der Waals surface area (Å²) in [5, 5.41) is 1.31. The Hall–Kier alpha value is -1.03. The minimum absolute atomic E-state index is 0.249. The summed E-state index contributed by atoms with van der Waals surface area (Å²) in [6.45, 7) is 5.22. The van der Waals surface area contributed by atoms with Gasteiger partial charge in [-0.15, -0.1) is 11.3 Å². The number of hydrogen-bond donors (Lipinski definition) is 0. The lowest BCUT2D eigenvalue weighted by Gasteiger charge is -2.30. The van der Waals surface area contributed by atoms with Crippen molar-refractivity contribution in [3.8, 4) is 0 Å². The molecule has 104 valence electrons. The molecule has 3 nitrogen and oxygen atoms in total. The van der Waals surface area contributed by atoms with Gasteiger partial charge in [0.2, 0.25) is 0 Å². The van der Waals surface area contributed by atoms with E-state index in [1.807, 2.05) is 4.90 Å². The van der Waals surface area contributed by atoms with Crippen LogP contribution in [0.15, 0.2) is 6.07 Å². The molecule has 0 bridgehead atoms. The maximum absolute atomic E-state index is 12.6. The van der Waals surface area contributed by atoms with Crippen LogP contribution in [0.3, 0.4) is 0 Å². The van der Waals surface area contributed by atoms with Gasteiger partial charge in [0, 0.05) is 26.7 Å². The van der Waals surface area contributed by atoms with Crippen molar-refractivity contribution in [1.29, 1.82) is 0 Å². The van der Waals surface area contributed by atoms with E-state index < -0.39 is 0 Å². The second-order valence-electron chi connectivity index (χ2n) is 5.96. The third-order valence-corrected chi connectivity index (χ3v) is 5.51. The number of fused-ring (bicyclic) bond motifs is 1. The lowest BCUT2D eigenvalue weighted by molar-refractivity contribution is 0.0688. The van der Waals surface area contributed by atoms with Crippen molar-refractivity contribution in [3.05, 3.63) is 16.5 Å². The van der Waals surface area contributed by atoms with Crippen molar-refractivity contribution in [2.45, 2.75) is 32.6 Å². The Morgan fingerprint density at radius 1 is 1.37 bits per heavy atom. The lowest BCUT2D eigenvalue weighted by Crippen LogP contribution is -2.38. The second-order valence-corrected chi connectivity index (χ2v) is 7.00. The molecule has 19 heavy (non-hydrogen) atoms. The number of aryl methyl sites for hydroxylation is 1. The highest BCUT2D eigenvalue weighted by Crippen LogP contribution is 2.35. The molecule has 0 aliphatic carbocycles. The van der Waals surface area contributed by atoms with Crippen LogP contribution >= 0.6 is 11.3 Å². The minimum Gasteiger partial charge on any atom is -0.366 e. The summed E-state index contributed by atoms with van der Waals surface area (Å²) in [4.78, 5) is 17.9. The molecular weight excluding hydrogens is 256 g/mol. The summed E-state index contributed by atoms with van der Waals surface area (Å²) >= 11 is 1.68. The standard InChI is InChI=1S/C15H22N2OS/c1-11-5-3-8-17(10-11)14(18)13-9-12-6-4-7-16(2)15(12)19-13/h9,11H,3-8,10H2,1-2H3/t11-/m0/s1. The number of nitrogens with zero attached hydrogens (tertiary/aromatic N) is 2. The van der Waals surface area contributed by atoms with Crippen LogP contribution in [-0.4, -0.2) is 37.5 Å². The smallest absolute Gasteiger partial charge is 0.264 e. The van der Waals surface area contributed by atoms with E-state index in [4.69, 9.17) is 0 Å². The number of likely N-dealkylation sites (tertiary alicyclic amines) is 1. The van der Waals surface area contributed by atoms with Gasteiger partial charge in [0.25, 0.3) is 5.91 Å². The zero-order valence-corrected chi connectivity index (χ0v) is 12.6. The Morgan fingerprint density at radius 3 is 2.95 bits per heavy atom. The molecule has 0 saturated carbocycles. The zero-order valence-electron chi connectivity index (χ0n) is 11.8. The van der Waals surface area contributed by atoms with Gasteiger partial charge in [-0.25, -0.2) is 0 Å². The maximum atomic E-state index is 12.6. The molecule has 0 aromatic carbocycles. The molecule has 1 amide bonds. The number of thiophene rings is 1. The summed E-state index contributed by atoms with van der Waals surface area (Å²) in [6, 6.07) is 2.14. The number of rotatable bonds is 1. The average molecular weight is 278 g/mol. The Morgan fingerprint density at radius 2 is 2.21 bits per heavy atom. The van der Waals surface area contributed by atoms with Gasteiger partial charge in [-0.1, -0.05) is 6.92 Å². The average Bonchev–Trinajstić information content (AvgIpc) is 2.83. The predicted octanol–water partition coefficient (Wildman–Crippen LogP) is 3.00. The summed E-state index contributed by atoms with van der Waals surface area (Å²) in [6.07, 6.45) is 4.74. The largest absolute Gasteiger partial charge is 0.366 e. The molecule has 0 unspecified atom stereocenters. The minimum atomic E-state index is 0.249. The van der Waals surface area contributed by atoms with Crippen molar-refractivity contribution in [2.24, 2.45) is 5.92 Å². The van der Waals surface area contributed by atoms with Crippen LogP contribution in [0.5, 0.6) is 0 Å². The van der Waals surface area contributed by atoms with Gasteiger partial charge in [0.15, 0.2) is 0 Å². The molecule has 1 saturated heterocycles. The first-order chi connectivity index (χ1) is 9.15. The Kier molecular flexibility index (Phi) is 3.52. The lowest BCUT2D eigenvalue weighted by atomic mass is 10.00. The molecule has 1 fully saturated rings. The highest BCUT2D eigenvalue weighted by Gasteiger charge is 2.26. The molecule has 0 spiro atoms. The van der Waals surface area contributed by atoms with Crippen molar-refractivity contribution < 1.29 is 4.79 Å². The quantitative estimate of drug-likeness (QED) is 0.788. The maximum Gasteiger partial charge on any atom is 0.264 e. The molecule has 4 heteroatoms. The van der Waals surface area contributed by atoms with Gasteiger partial charge in [-0.2, -0.15) is 0 Å². The monoisotopic (exact) mass is 278 g/mol. The number of carbonyl (C=O) groups is 1. The first-order valence-electron chi connectivity index (χ1n) is 7.28. The van der Waals surface area contributed by atoms with E-state index in [9.17, 15) is 4.79 Å². The van der Waals surface area contributed by atoms with Gasteiger partial charge in [0.1, 0.15) is 0 Å². The molecule has 0 N–H and O–H groups in total. The van der Waals surface area contributed by atoms with E-state index in [-0.39, 0.29) is 5.91 Å². The normalized spacial score (nSPS) is 23.4. The molecule has 3 rings (SSSR count). The Bertz CT molecular complexity index is 482. The topological polar surface area (TPSA) is 23.6 Å². The van der Waals surface area contributed by atoms with E-state index >= 15 is 0 Å². The van der Waals surface area contributed by atoms with Crippen LogP contribution in [0, 0.1) is 5.92 Å². The molecule has 0 radical (unpaired) electrons. The number of piperidine rings is 1. The molecule has 3 heterocycles. The van der Waals surface area contributed by atoms with E-state index in [0.717, 1.165) is 37.4 Å². The second kappa shape index (κ2) is 5.16. The van der Waals surface area contributed by atoms with Crippen molar-refractivity contribution >= 4 is 22.2 Å². The fourth-order valence-corrected chi connectivity index (χ4v) is 4.33. The van der Waals surface area contributed by atoms with Crippen LogP contribution in [-0.2, 0) is 6.42 Å². The van der Waals surface area contributed by atoms with Crippen molar-refractivity contribution in [3.63, 3.8) is 0 Å². The molecule has 2 aliphatic rings. The van der Waals surface area contributed by atoms with Crippen LogP contribution in [0.2, 0.25) is 0 Å². The molecule has 1 atom stereocenters. The van der Waals surface area contributed by atoms with Gasteiger partial charge < -0.3 is 9.80 Å². The van der Waals surface area contributed by atoms with Gasteiger partial charge in [-0.3, -0.25) is 4.79 Å². The van der Waals surface area contributed by atoms with Crippen LogP contribution in [0.25, 0.3) is 0 Å². The fourth-order valence-electron chi connectivity index (χ4n) is 3.16. The van der Waals surface area contributed by atoms with Gasteiger partial charge >= 0.3 is 0 Å². The van der Waals surface area contributed by atoms with Crippen molar-refractivity contribution in [2.75, 3.05) is 31.6 Å². The van der Waals surface area contributed by atoms with E-state index in [0.29, 0.717) is 5.92 Å². The number of anilines is 1. The van der Waals surface area contributed by atoms with Crippen LogP contribution < -0.4 is 4.90 Å². The molecule has 1 aromatic rings. The zero-order chi connectivity index (χ0) is 13.4. The third-order valence-electron chi connectivity index (χ3n) is 4.23. The van der Waals surface area contributed by atoms with Crippen LogP contribution in [0.4, 0.5) is 5.00 Å². The summed E-state index contributed by atoms with van der Waals surface area (Å²) < 4.78 is 0. The first-order valence-corrected chi connectivity index (χ1v) is 8.10. The Labute approximate surface area is 119 Å². The SMILES string of the molecule is C[C@H]1CCCN(C(=O)c2cc3c(s2)N(C)CCC3)C1. The van der Waals surface area contributed by atoms with E-state index in [1.54, 1.807) is 11.3 Å². The Balaban J connectivity index is 1.80. The third kappa shape index (κ3) is 2.50. The van der Waals surface area contributed by atoms with Gasteiger partial charge in [0.05, 0.1) is 9.88 Å². The number of amides is 1. The van der Waals surface area contributed by atoms with Crippen LogP contribution in [0.1, 0.15) is 41.4 Å². The number of hydrogen-bond acceptors (Lipinski definition) is 3. The summed E-state index contributed by atoms with van der Waals surface area (Å²) in [5.74, 6) is 0.898.